The van der Waals surface area contributed by atoms with Crippen molar-refractivity contribution in [1.82, 2.24) is 5.32 Å². The lowest BCUT2D eigenvalue weighted by molar-refractivity contribution is 0.189. The maximum Gasteiger partial charge on any atom is 0.133 e. The zero-order valence-corrected chi connectivity index (χ0v) is 9.59. The van der Waals surface area contributed by atoms with Crippen LogP contribution in [-0.4, -0.2) is 24.9 Å². The van der Waals surface area contributed by atoms with Gasteiger partial charge in [0, 0.05) is 10.6 Å². The summed E-state index contributed by atoms with van der Waals surface area (Å²) in [5, 5.41) is 3.20. The van der Waals surface area contributed by atoms with Crippen LogP contribution < -0.4 is 10.1 Å². The van der Waals surface area contributed by atoms with Gasteiger partial charge in [0.05, 0.1) is 6.04 Å². The van der Waals surface area contributed by atoms with Crippen molar-refractivity contribution >= 4 is 11.8 Å². The third kappa shape index (κ3) is 2.19. The van der Waals surface area contributed by atoms with Crippen LogP contribution in [0.5, 0.6) is 5.75 Å². The number of hydrogen-bond donors (Lipinski definition) is 1. The molecule has 2 unspecified atom stereocenters. The average molecular weight is 221 g/mol. The Bertz CT molecular complexity index is 353. The summed E-state index contributed by atoms with van der Waals surface area (Å²) in [5.41, 5.74) is 0. The molecule has 1 N–H and O–H groups in total. The minimum Gasteiger partial charge on any atom is -0.486 e. The third-order valence-electron chi connectivity index (χ3n) is 2.52. The fourth-order valence-electron chi connectivity index (χ4n) is 1.67. The van der Waals surface area contributed by atoms with E-state index in [-0.39, 0.29) is 12.1 Å². The molecule has 0 saturated heterocycles. The van der Waals surface area contributed by atoms with Gasteiger partial charge in [-0.3, -0.25) is 0 Å². The van der Waals surface area contributed by atoms with E-state index in [2.05, 4.69) is 18.0 Å². The van der Waals surface area contributed by atoms with Crippen molar-refractivity contribution in [1.29, 1.82) is 0 Å². The first-order valence-electron chi connectivity index (χ1n) is 5.03. The van der Waals surface area contributed by atoms with E-state index in [1.807, 2.05) is 43.1 Å². The largest absolute Gasteiger partial charge is 0.486 e. The van der Waals surface area contributed by atoms with Crippen molar-refractivity contribution in [2.75, 3.05) is 12.8 Å². The highest BCUT2D eigenvalue weighted by molar-refractivity contribution is 7.99. The Balaban J connectivity index is 2.14. The number of ether oxygens (including phenoxy) is 1. The van der Waals surface area contributed by atoms with E-state index in [0.717, 1.165) is 11.5 Å². The van der Waals surface area contributed by atoms with Crippen LogP contribution >= 0.6 is 11.8 Å². The van der Waals surface area contributed by atoms with Crippen LogP contribution in [0.15, 0.2) is 41.8 Å². The SMILES string of the molecule is C=CC(NC)C1CSc2ccccc2O1. The van der Waals surface area contributed by atoms with E-state index in [1.54, 1.807) is 0 Å². The molecule has 0 saturated carbocycles. The quantitative estimate of drug-likeness (QED) is 0.791. The molecule has 0 aliphatic carbocycles. The Morgan fingerprint density at radius 2 is 2.40 bits per heavy atom. The van der Waals surface area contributed by atoms with Crippen LogP contribution in [0.3, 0.4) is 0 Å². The lowest BCUT2D eigenvalue weighted by Gasteiger charge is -2.29. The van der Waals surface area contributed by atoms with Crippen LogP contribution in [0.25, 0.3) is 0 Å². The maximum atomic E-state index is 5.92. The number of para-hydroxylation sites is 1. The van der Waals surface area contributed by atoms with Gasteiger partial charge in [0.25, 0.3) is 0 Å². The van der Waals surface area contributed by atoms with Gasteiger partial charge < -0.3 is 10.1 Å². The Morgan fingerprint density at radius 3 is 3.13 bits per heavy atom. The zero-order valence-electron chi connectivity index (χ0n) is 8.77. The second kappa shape index (κ2) is 4.73. The predicted octanol–water partition coefficient (Wildman–Crippen LogP) is 2.31. The summed E-state index contributed by atoms with van der Waals surface area (Å²) in [4.78, 5) is 1.23. The minimum absolute atomic E-state index is 0.174. The molecule has 0 amide bonds. The summed E-state index contributed by atoms with van der Waals surface area (Å²) < 4.78 is 5.92. The second-order valence-electron chi connectivity index (χ2n) is 3.46. The normalized spacial score (nSPS) is 21.3. The van der Waals surface area contributed by atoms with E-state index in [0.29, 0.717) is 0 Å². The first-order valence-corrected chi connectivity index (χ1v) is 6.02. The first kappa shape index (κ1) is 10.6. The molecule has 0 spiro atoms. The van der Waals surface area contributed by atoms with Crippen molar-refractivity contribution in [3.8, 4) is 5.75 Å². The van der Waals surface area contributed by atoms with Gasteiger partial charge in [-0.05, 0) is 19.2 Å². The van der Waals surface area contributed by atoms with Crippen LogP contribution in [-0.2, 0) is 0 Å². The fraction of sp³-hybridized carbons (Fsp3) is 0.333. The molecule has 0 radical (unpaired) electrons. The summed E-state index contributed by atoms with van der Waals surface area (Å²) in [6.45, 7) is 3.81. The zero-order chi connectivity index (χ0) is 10.7. The molecule has 1 aliphatic heterocycles. The van der Waals surface area contributed by atoms with Gasteiger partial charge in [0.15, 0.2) is 0 Å². The Kier molecular flexibility index (Phi) is 3.34. The standard InChI is InChI=1S/C12H15NOS/c1-3-9(13-2)11-8-15-12-7-5-4-6-10(12)14-11/h3-7,9,11,13H,1,8H2,2H3. The molecule has 15 heavy (non-hydrogen) atoms. The molecule has 0 bridgehead atoms. The smallest absolute Gasteiger partial charge is 0.133 e. The van der Waals surface area contributed by atoms with Crippen molar-refractivity contribution in [2.24, 2.45) is 0 Å². The van der Waals surface area contributed by atoms with Crippen LogP contribution in [0.4, 0.5) is 0 Å². The fourth-order valence-corrected chi connectivity index (χ4v) is 2.72. The molecule has 80 valence electrons. The molecule has 0 aromatic heterocycles. The lowest BCUT2D eigenvalue weighted by Crippen LogP contribution is -2.42. The molecule has 2 atom stereocenters. The minimum atomic E-state index is 0.174. The summed E-state index contributed by atoms with van der Waals surface area (Å²) in [5.74, 6) is 1.95. The Morgan fingerprint density at radius 1 is 1.60 bits per heavy atom. The third-order valence-corrected chi connectivity index (χ3v) is 3.66. The number of thioether (sulfide) groups is 1. The second-order valence-corrected chi connectivity index (χ2v) is 4.53. The van der Waals surface area contributed by atoms with Crippen molar-refractivity contribution in [3.63, 3.8) is 0 Å². The maximum absolute atomic E-state index is 5.92. The average Bonchev–Trinajstić information content (AvgIpc) is 2.30. The molecule has 1 aliphatic rings. The number of likely N-dealkylation sites (N-methyl/N-ethyl adjacent to an activating group) is 1. The summed E-state index contributed by atoms with van der Waals surface area (Å²) in [7, 11) is 1.93. The first-order chi connectivity index (χ1) is 7.35. The molecule has 1 aromatic rings. The predicted molar refractivity (Wildman–Crippen MR) is 64.6 cm³/mol. The summed E-state index contributed by atoms with van der Waals surface area (Å²) >= 11 is 1.84. The van der Waals surface area contributed by atoms with E-state index in [4.69, 9.17) is 4.74 Å². The molecule has 1 aromatic carbocycles. The number of benzene rings is 1. The highest BCUT2D eigenvalue weighted by atomic mass is 32.2. The van der Waals surface area contributed by atoms with E-state index in [9.17, 15) is 0 Å². The molecule has 3 heteroatoms. The molecular weight excluding hydrogens is 206 g/mol. The van der Waals surface area contributed by atoms with Gasteiger partial charge in [-0.25, -0.2) is 0 Å². The van der Waals surface area contributed by atoms with Crippen LogP contribution in [0.1, 0.15) is 0 Å². The van der Waals surface area contributed by atoms with Gasteiger partial charge >= 0.3 is 0 Å². The summed E-state index contributed by atoms with van der Waals surface area (Å²) in [6.07, 6.45) is 2.08. The van der Waals surface area contributed by atoms with Crippen molar-refractivity contribution in [3.05, 3.63) is 36.9 Å². The lowest BCUT2D eigenvalue weighted by atomic mass is 10.2. The molecule has 1 heterocycles. The number of nitrogens with one attached hydrogen (secondary N) is 1. The van der Waals surface area contributed by atoms with E-state index >= 15 is 0 Å². The molecule has 2 nitrogen and oxygen atoms in total. The molecular formula is C12H15NOS. The van der Waals surface area contributed by atoms with E-state index < -0.39 is 0 Å². The van der Waals surface area contributed by atoms with Crippen molar-refractivity contribution < 1.29 is 4.74 Å². The van der Waals surface area contributed by atoms with Crippen molar-refractivity contribution in [2.45, 2.75) is 17.0 Å². The van der Waals surface area contributed by atoms with Gasteiger partial charge in [-0.2, -0.15) is 0 Å². The van der Waals surface area contributed by atoms with E-state index in [1.165, 1.54) is 4.90 Å². The topological polar surface area (TPSA) is 21.3 Å². The van der Waals surface area contributed by atoms with Crippen LogP contribution in [0.2, 0.25) is 0 Å². The highest BCUT2D eigenvalue weighted by Gasteiger charge is 2.24. The Hall–Kier alpha value is -0.930. The van der Waals surface area contributed by atoms with Gasteiger partial charge in [0.1, 0.15) is 11.9 Å². The number of fused-ring (bicyclic) bond motifs is 1. The van der Waals surface area contributed by atoms with Gasteiger partial charge in [-0.15, -0.1) is 18.3 Å². The monoisotopic (exact) mass is 221 g/mol. The highest BCUT2D eigenvalue weighted by Crippen LogP contribution is 2.35. The number of rotatable bonds is 3. The molecule has 2 rings (SSSR count). The van der Waals surface area contributed by atoms with Gasteiger partial charge in [-0.1, -0.05) is 18.2 Å². The van der Waals surface area contributed by atoms with Gasteiger partial charge in [0.2, 0.25) is 0 Å². The molecule has 0 fully saturated rings. The Labute approximate surface area is 94.7 Å². The number of hydrogen-bond acceptors (Lipinski definition) is 3. The van der Waals surface area contributed by atoms with Crippen LogP contribution in [0, 0.1) is 0 Å². The summed E-state index contributed by atoms with van der Waals surface area (Å²) in [6, 6.07) is 8.37.